The average molecular weight is 510 g/mol. The van der Waals surface area contributed by atoms with E-state index in [1.54, 1.807) is 0 Å². The SMILES string of the molecule is CCCOc1cc([N+](=O)[O-])c(COS(=O)(=O)CCC[Si](OCC)(OCC)OCC)cc1OC. The lowest BCUT2D eigenvalue weighted by Crippen LogP contribution is -2.46. The Morgan fingerprint density at radius 2 is 1.61 bits per heavy atom. The summed E-state index contributed by atoms with van der Waals surface area (Å²) >= 11 is 0. The zero-order valence-corrected chi connectivity index (χ0v) is 21.8. The van der Waals surface area contributed by atoms with Gasteiger partial charge >= 0.3 is 8.80 Å². The molecular formula is C20H35NO10SSi. The molecule has 190 valence electrons. The van der Waals surface area contributed by atoms with Crippen LogP contribution in [0.2, 0.25) is 6.04 Å². The Bertz CT molecular complexity index is 832. The maximum Gasteiger partial charge on any atom is 0.500 e. The smallest absolute Gasteiger partial charge is 0.493 e. The van der Waals surface area contributed by atoms with Crippen molar-refractivity contribution in [2.45, 2.75) is 53.2 Å². The van der Waals surface area contributed by atoms with E-state index in [-0.39, 0.29) is 34.9 Å². The molecule has 0 amide bonds. The fourth-order valence-corrected chi connectivity index (χ4v) is 6.83. The third-order valence-electron chi connectivity index (χ3n) is 4.39. The van der Waals surface area contributed by atoms with Crippen molar-refractivity contribution < 1.29 is 40.3 Å². The zero-order chi connectivity index (χ0) is 24.9. The molecule has 33 heavy (non-hydrogen) atoms. The van der Waals surface area contributed by atoms with E-state index in [4.69, 9.17) is 26.9 Å². The summed E-state index contributed by atoms with van der Waals surface area (Å²) in [7, 11) is -5.55. The first-order valence-electron chi connectivity index (χ1n) is 10.9. The molecule has 1 aromatic carbocycles. The summed E-state index contributed by atoms with van der Waals surface area (Å²) in [5.41, 5.74) is -0.251. The summed E-state index contributed by atoms with van der Waals surface area (Å²) in [6.45, 7) is 8.37. The van der Waals surface area contributed by atoms with Gasteiger partial charge in [0.05, 0.1) is 42.6 Å². The Balaban J connectivity index is 2.90. The lowest BCUT2D eigenvalue weighted by molar-refractivity contribution is -0.385. The molecule has 0 bridgehead atoms. The molecule has 0 saturated carbocycles. The van der Waals surface area contributed by atoms with Crippen LogP contribution >= 0.6 is 0 Å². The Morgan fingerprint density at radius 3 is 2.09 bits per heavy atom. The normalized spacial score (nSPS) is 12.0. The van der Waals surface area contributed by atoms with E-state index in [1.165, 1.54) is 19.2 Å². The van der Waals surface area contributed by atoms with Gasteiger partial charge < -0.3 is 22.8 Å². The van der Waals surface area contributed by atoms with E-state index in [2.05, 4.69) is 0 Å². The van der Waals surface area contributed by atoms with Crippen LogP contribution in [0.1, 0.15) is 46.1 Å². The molecule has 0 aromatic heterocycles. The molecule has 0 heterocycles. The highest BCUT2D eigenvalue weighted by atomic mass is 32.2. The number of nitrogens with zero attached hydrogens (tertiary/aromatic N) is 1. The Hall–Kier alpha value is -1.77. The summed E-state index contributed by atoms with van der Waals surface area (Å²) in [6, 6.07) is 2.88. The first kappa shape index (κ1) is 29.3. The van der Waals surface area contributed by atoms with Gasteiger partial charge in [0.15, 0.2) is 11.5 Å². The van der Waals surface area contributed by atoms with Crippen molar-refractivity contribution in [2.75, 3.05) is 39.3 Å². The average Bonchev–Trinajstić information content (AvgIpc) is 2.76. The molecule has 11 nitrogen and oxygen atoms in total. The van der Waals surface area contributed by atoms with Gasteiger partial charge in [-0.25, -0.2) is 0 Å². The standard InChI is InChI=1S/C20H35NO10SSi/c1-6-11-27-20-15-18(21(22)23)17(14-19(20)26-5)16-28-32(24,25)12-10-13-33(29-7-2,30-8-3)31-9-4/h14-15H,6-13,16H2,1-5H3. The van der Waals surface area contributed by atoms with E-state index in [1.807, 2.05) is 27.7 Å². The topological polar surface area (TPSA) is 133 Å². The van der Waals surface area contributed by atoms with Gasteiger partial charge in [0.1, 0.15) is 0 Å². The van der Waals surface area contributed by atoms with Crippen LogP contribution in [0.5, 0.6) is 11.5 Å². The van der Waals surface area contributed by atoms with Crippen LogP contribution in [0, 0.1) is 10.1 Å². The molecule has 0 aliphatic carbocycles. The van der Waals surface area contributed by atoms with Gasteiger partial charge in [-0.3, -0.25) is 14.3 Å². The monoisotopic (exact) mass is 509 g/mol. The molecule has 1 aromatic rings. The van der Waals surface area contributed by atoms with Crippen LogP contribution in [-0.4, -0.2) is 61.4 Å². The molecule has 0 saturated heterocycles. The Labute approximate surface area is 196 Å². The second-order valence-electron chi connectivity index (χ2n) is 6.85. The maximum absolute atomic E-state index is 12.5. The molecule has 0 aliphatic rings. The minimum atomic E-state index is -3.97. The van der Waals surface area contributed by atoms with Crippen molar-refractivity contribution in [1.82, 2.24) is 0 Å². The lowest BCUT2D eigenvalue weighted by atomic mass is 10.1. The summed E-state index contributed by atoms with van der Waals surface area (Å²) in [5.74, 6) is 0.158. The van der Waals surface area contributed by atoms with E-state index < -0.39 is 30.5 Å². The number of nitro groups is 1. The van der Waals surface area contributed by atoms with Crippen LogP contribution < -0.4 is 9.47 Å². The van der Waals surface area contributed by atoms with Gasteiger partial charge in [-0.15, -0.1) is 0 Å². The minimum Gasteiger partial charge on any atom is -0.493 e. The van der Waals surface area contributed by atoms with E-state index in [9.17, 15) is 18.5 Å². The number of methoxy groups -OCH3 is 1. The number of benzene rings is 1. The molecule has 0 N–H and O–H groups in total. The Morgan fingerprint density at radius 1 is 1.00 bits per heavy atom. The van der Waals surface area contributed by atoms with Crippen molar-refractivity contribution >= 4 is 24.6 Å². The molecule has 13 heteroatoms. The summed E-state index contributed by atoms with van der Waals surface area (Å²) in [6.07, 6.45) is 0.907. The van der Waals surface area contributed by atoms with E-state index >= 15 is 0 Å². The predicted molar refractivity (Wildman–Crippen MR) is 124 cm³/mol. The highest BCUT2D eigenvalue weighted by Gasteiger charge is 2.40. The summed E-state index contributed by atoms with van der Waals surface area (Å²) in [4.78, 5) is 10.9. The highest BCUT2D eigenvalue weighted by Crippen LogP contribution is 2.35. The van der Waals surface area contributed by atoms with Crippen molar-refractivity contribution in [3.05, 3.63) is 27.8 Å². The first-order chi connectivity index (χ1) is 15.7. The summed E-state index contributed by atoms with van der Waals surface area (Å²) < 4.78 is 57.9. The Kier molecular flexibility index (Phi) is 12.8. The molecular weight excluding hydrogens is 474 g/mol. The second-order valence-corrected chi connectivity index (χ2v) is 11.3. The fraction of sp³-hybridized carbons (Fsp3) is 0.700. The number of hydrogen-bond acceptors (Lipinski definition) is 10. The highest BCUT2D eigenvalue weighted by molar-refractivity contribution is 7.86. The van der Waals surface area contributed by atoms with Gasteiger partial charge in [-0.05, 0) is 39.7 Å². The third-order valence-corrected chi connectivity index (χ3v) is 8.80. The largest absolute Gasteiger partial charge is 0.500 e. The van der Waals surface area contributed by atoms with Crippen LogP contribution in [0.3, 0.4) is 0 Å². The lowest BCUT2D eigenvalue weighted by Gasteiger charge is -2.28. The molecule has 0 unspecified atom stereocenters. The minimum absolute atomic E-state index is 0.0611. The van der Waals surface area contributed by atoms with Gasteiger partial charge in [0.2, 0.25) is 0 Å². The van der Waals surface area contributed by atoms with Gasteiger partial charge in [0, 0.05) is 25.9 Å². The summed E-state index contributed by atoms with van der Waals surface area (Å²) in [5, 5.41) is 11.5. The number of rotatable bonds is 18. The first-order valence-corrected chi connectivity index (χ1v) is 14.4. The second kappa shape index (κ2) is 14.5. The number of hydrogen-bond donors (Lipinski definition) is 0. The van der Waals surface area contributed by atoms with Crippen LogP contribution in [0.4, 0.5) is 5.69 Å². The third kappa shape index (κ3) is 9.55. The molecule has 0 spiro atoms. The van der Waals surface area contributed by atoms with E-state index in [0.717, 1.165) is 0 Å². The van der Waals surface area contributed by atoms with Crippen LogP contribution in [0.15, 0.2) is 12.1 Å². The quantitative estimate of drug-likeness (QED) is 0.125. The predicted octanol–water partition coefficient (Wildman–Crippen LogP) is 3.68. The van der Waals surface area contributed by atoms with Crippen LogP contribution in [0.25, 0.3) is 0 Å². The van der Waals surface area contributed by atoms with Crippen LogP contribution in [-0.2, 0) is 34.2 Å². The fourth-order valence-electron chi connectivity index (χ4n) is 3.04. The van der Waals surface area contributed by atoms with Crippen molar-refractivity contribution in [1.29, 1.82) is 0 Å². The number of ether oxygens (including phenoxy) is 2. The van der Waals surface area contributed by atoms with Gasteiger partial charge in [0.25, 0.3) is 15.8 Å². The zero-order valence-electron chi connectivity index (χ0n) is 20.0. The maximum atomic E-state index is 12.5. The van der Waals surface area contributed by atoms with Gasteiger partial charge in [-0.1, -0.05) is 6.92 Å². The molecule has 0 aliphatic heterocycles. The van der Waals surface area contributed by atoms with E-state index in [0.29, 0.717) is 38.9 Å². The van der Waals surface area contributed by atoms with Gasteiger partial charge in [-0.2, -0.15) is 8.42 Å². The van der Waals surface area contributed by atoms with Crippen molar-refractivity contribution in [2.24, 2.45) is 0 Å². The van der Waals surface area contributed by atoms with Crippen molar-refractivity contribution in [3.63, 3.8) is 0 Å². The molecule has 0 radical (unpaired) electrons. The number of nitro benzene ring substituents is 1. The molecule has 0 fully saturated rings. The van der Waals surface area contributed by atoms with Crippen molar-refractivity contribution in [3.8, 4) is 11.5 Å². The molecule has 1 rings (SSSR count). The molecule has 0 atom stereocenters.